The summed E-state index contributed by atoms with van der Waals surface area (Å²) in [5.41, 5.74) is 0.659. The molecule has 1 N–H and O–H groups in total. The van der Waals surface area contributed by atoms with Gasteiger partial charge in [-0.3, -0.25) is 14.9 Å². The number of nitro groups is 1. The van der Waals surface area contributed by atoms with Crippen molar-refractivity contribution < 1.29 is 24.0 Å². The molecule has 8 nitrogen and oxygen atoms in total. The zero-order valence-corrected chi connectivity index (χ0v) is 17.7. The normalized spacial score (nSPS) is 15.0. The molecule has 0 radical (unpaired) electrons. The number of carbonyl (C=O) groups excluding carboxylic acids is 2. The van der Waals surface area contributed by atoms with Gasteiger partial charge in [-0.1, -0.05) is 31.4 Å². The van der Waals surface area contributed by atoms with Crippen LogP contribution in [-0.4, -0.2) is 30.5 Å². The minimum atomic E-state index is -0.780. The molecule has 1 amide bonds. The van der Waals surface area contributed by atoms with Gasteiger partial charge in [-0.15, -0.1) is 0 Å². The first-order valence-corrected chi connectivity index (χ1v) is 10.3. The average Bonchev–Trinajstić information content (AvgIpc) is 2.79. The molecule has 0 heterocycles. The van der Waals surface area contributed by atoms with Crippen molar-refractivity contribution in [1.82, 2.24) is 0 Å². The SMILES string of the molecule is CCOC(=O)c1cc(NC(=O)C2(c3ccc([N+](=O)[O-])cc3)CCCCC2)ccc1OC. The predicted octanol–water partition coefficient (Wildman–Crippen LogP) is 4.62. The Bertz CT molecular complexity index is 965. The van der Waals surface area contributed by atoms with Crippen LogP contribution < -0.4 is 10.1 Å². The summed E-state index contributed by atoms with van der Waals surface area (Å²) >= 11 is 0. The lowest BCUT2D eigenvalue weighted by molar-refractivity contribution is -0.384. The van der Waals surface area contributed by atoms with Gasteiger partial charge in [0.2, 0.25) is 5.91 Å². The summed E-state index contributed by atoms with van der Waals surface area (Å²) in [6.45, 7) is 1.94. The van der Waals surface area contributed by atoms with Crippen LogP contribution in [0.1, 0.15) is 54.9 Å². The Morgan fingerprint density at radius 3 is 2.35 bits per heavy atom. The summed E-state index contributed by atoms with van der Waals surface area (Å²) in [5.74, 6) is -0.363. The number of ether oxygens (including phenoxy) is 2. The summed E-state index contributed by atoms with van der Waals surface area (Å²) in [6.07, 6.45) is 4.12. The third-order valence-electron chi connectivity index (χ3n) is 5.73. The van der Waals surface area contributed by atoms with Crippen molar-refractivity contribution in [3.63, 3.8) is 0 Å². The summed E-state index contributed by atoms with van der Waals surface area (Å²) in [5, 5.41) is 13.9. The van der Waals surface area contributed by atoms with Crippen LogP contribution >= 0.6 is 0 Å². The second-order valence-electron chi connectivity index (χ2n) is 7.54. The third kappa shape index (κ3) is 4.68. The Morgan fingerprint density at radius 1 is 1.10 bits per heavy atom. The highest BCUT2D eigenvalue weighted by Crippen LogP contribution is 2.41. The van der Waals surface area contributed by atoms with E-state index in [1.165, 1.54) is 19.2 Å². The summed E-state index contributed by atoms with van der Waals surface area (Å²) in [4.78, 5) is 36.3. The highest BCUT2D eigenvalue weighted by Gasteiger charge is 2.41. The molecule has 2 aromatic carbocycles. The van der Waals surface area contributed by atoms with Gasteiger partial charge in [0.1, 0.15) is 11.3 Å². The quantitative estimate of drug-likeness (QED) is 0.393. The van der Waals surface area contributed by atoms with Crippen molar-refractivity contribution in [3.8, 4) is 5.75 Å². The number of nitrogens with one attached hydrogen (secondary N) is 1. The molecule has 31 heavy (non-hydrogen) atoms. The maximum atomic E-state index is 13.5. The highest BCUT2D eigenvalue weighted by molar-refractivity contribution is 6.01. The van der Waals surface area contributed by atoms with Gasteiger partial charge < -0.3 is 14.8 Å². The zero-order chi connectivity index (χ0) is 22.4. The lowest BCUT2D eigenvalue weighted by Crippen LogP contribution is -2.42. The van der Waals surface area contributed by atoms with Crippen molar-refractivity contribution in [2.24, 2.45) is 0 Å². The number of carbonyl (C=O) groups is 2. The maximum absolute atomic E-state index is 13.5. The van der Waals surface area contributed by atoms with E-state index in [9.17, 15) is 19.7 Å². The van der Waals surface area contributed by atoms with Gasteiger partial charge in [0.25, 0.3) is 5.69 Å². The molecule has 1 aliphatic carbocycles. The molecule has 2 aromatic rings. The van der Waals surface area contributed by atoms with Gasteiger partial charge in [0.15, 0.2) is 0 Å². The molecule has 8 heteroatoms. The zero-order valence-electron chi connectivity index (χ0n) is 17.7. The molecule has 1 fully saturated rings. The molecule has 3 rings (SSSR count). The van der Waals surface area contributed by atoms with E-state index in [0.717, 1.165) is 24.8 Å². The molecule has 0 aliphatic heterocycles. The topological polar surface area (TPSA) is 108 Å². The van der Waals surface area contributed by atoms with Crippen LogP contribution in [0.4, 0.5) is 11.4 Å². The van der Waals surface area contributed by atoms with Crippen molar-refractivity contribution in [2.75, 3.05) is 19.0 Å². The standard InChI is InChI=1S/C23H26N2O6/c1-3-31-21(26)19-15-17(9-12-20(19)30-2)24-22(27)23(13-5-4-6-14-23)16-7-10-18(11-8-16)25(28)29/h7-12,15H,3-6,13-14H2,1-2H3,(H,24,27). The summed E-state index contributed by atoms with van der Waals surface area (Å²) in [7, 11) is 1.46. The highest BCUT2D eigenvalue weighted by atomic mass is 16.6. The number of nitro benzene ring substituents is 1. The van der Waals surface area contributed by atoms with Gasteiger partial charge >= 0.3 is 5.97 Å². The van der Waals surface area contributed by atoms with E-state index in [0.29, 0.717) is 24.3 Å². The second kappa shape index (κ2) is 9.59. The largest absolute Gasteiger partial charge is 0.496 e. The minimum absolute atomic E-state index is 0.00986. The van der Waals surface area contributed by atoms with E-state index >= 15 is 0 Å². The minimum Gasteiger partial charge on any atom is -0.496 e. The lowest BCUT2D eigenvalue weighted by Gasteiger charge is -2.36. The molecule has 164 valence electrons. The van der Waals surface area contributed by atoms with Crippen LogP contribution in [0.25, 0.3) is 0 Å². The molecular weight excluding hydrogens is 400 g/mol. The van der Waals surface area contributed by atoms with E-state index in [2.05, 4.69) is 5.32 Å². The first-order valence-electron chi connectivity index (χ1n) is 10.3. The van der Waals surface area contributed by atoms with Gasteiger partial charge in [0.05, 0.1) is 24.1 Å². The van der Waals surface area contributed by atoms with Gasteiger partial charge in [0, 0.05) is 17.8 Å². The van der Waals surface area contributed by atoms with Crippen molar-refractivity contribution >= 4 is 23.3 Å². The van der Waals surface area contributed by atoms with Crippen LogP contribution in [0, 0.1) is 10.1 Å². The van der Waals surface area contributed by atoms with E-state index in [-0.39, 0.29) is 23.8 Å². The maximum Gasteiger partial charge on any atom is 0.341 e. The molecule has 1 aliphatic rings. The van der Waals surface area contributed by atoms with Crippen LogP contribution in [0.3, 0.4) is 0 Å². The molecule has 0 spiro atoms. The van der Waals surface area contributed by atoms with Gasteiger partial charge in [-0.2, -0.15) is 0 Å². The summed E-state index contributed by atoms with van der Waals surface area (Å²) in [6, 6.07) is 11.0. The Kier molecular flexibility index (Phi) is 6.89. The molecule has 0 aromatic heterocycles. The number of methoxy groups -OCH3 is 1. The number of anilines is 1. The number of esters is 1. The Balaban J connectivity index is 1.92. The summed E-state index contributed by atoms with van der Waals surface area (Å²) < 4.78 is 10.3. The van der Waals surface area contributed by atoms with E-state index in [4.69, 9.17) is 9.47 Å². The number of hydrogen-bond acceptors (Lipinski definition) is 6. The fourth-order valence-corrected chi connectivity index (χ4v) is 4.11. The van der Waals surface area contributed by atoms with E-state index < -0.39 is 16.3 Å². The van der Waals surface area contributed by atoms with E-state index in [1.807, 2.05) is 0 Å². The Labute approximate surface area is 180 Å². The fourth-order valence-electron chi connectivity index (χ4n) is 4.11. The Morgan fingerprint density at radius 2 is 1.77 bits per heavy atom. The third-order valence-corrected chi connectivity index (χ3v) is 5.73. The van der Waals surface area contributed by atoms with Crippen LogP contribution in [0.5, 0.6) is 5.75 Å². The number of non-ortho nitro benzene ring substituents is 1. The number of nitrogens with zero attached hydrogens (tertiary/aromatic N) is 1. The molecule has 0 bridgehead atoms. The fraction of sp³-hybridized carbons (Fsp3) is 0.391. The number of benzene rings is 2. The average molecular weight is 426 g/mol. The molecule has 0 atom stereocenters. The molecule has 0 saturated heterocycles. The number of hydrogen-bond donors (Lipinski definition) is 1. The van der Waals surface area contributed by atoms with Crippen LogP contribution in [0.2, 0.25) is 0 Å². The Hall–Kier alpha value is -3.42. The smallest absolute Gasteiger partial charge is 0.341 e. The first kappa shape index (κ1) is 22.3. The van der Waals surface area contributed by atoms with Gasteiger partial charge in [-0.05, 0) is 43.5 Å². The second-order valence-corrected chi connectivity index (χ2v) is 7.54. The van der Waals surface area contributed by atoms with Crippen LogP contribution in [-0.2, 0) is 14.9 Å². The van der Waals surface area contributed by atoms with E-state index in [1.54, 1.807) is 37.3 Å². The predicted molar refractivity (Wildman–Crippen MR) is 115 cm³/mol. The number of amides is 1. The number of rotatable bonds is 7. The van der Waals surface area contributed by atoms with Crippen molar-refractivity contribution in [1.29, 1.82) is 0 Å². The monoisotopic (exact) mass is 426 g/mol. The lowest BCUT2D eigenvalue weighted by atomic mass is 9.68. The van der Waals surface area contributed by atoms with Crippen LogP contribution in [0.15, 0.2) is 42.5 Å². The first-order chi connectivity index (χ1) is 14.9. The van der Waals surface area contributed by atoms with Gasteiger partial charge in [-0.25, -0.2) is 4.79 Å². The van der Waals surface area contributed by atoms with Crippen molar-refractivity contribution in [2.45, 2.75) is 44.4 Å². The van der Waals surface area contributed by atoms with Crippen molar-refractivity contribution in [3.05, 3.63) is 63.7 Å². The molecular formula is C23H26N2O6. The molecule has 0 unspecified atom stereocenters. The molecule has 1 saturated carbocycles.